The van der Waals surface area contributed by atoms with Crippen LogP contribution in [0.2, 0.25) is 0 Å². The lowest BCUT2D eigenvalue weighted by atomic mass is 9.98. The molecule has 0 aromatic heterocycles. The second-order valence-electron chi connectivity index (χ2n) is 6.82. The summed E-state index contributed by atoms with van der Waals surface area (Å²) in [5.74, 6) is 0.964. The molecule has 0 aliphatic carbocycles. The Labute approximate surface area is 167 Å². The van der Waals surface area contributed by atoms with Crippen molar-refractivity contribution in [2.75, 3.05) is 29.6 Å². The first kappa shape index (κ1) is 16.5. The summed E-state index contributed by atoms with van der Waals surface area (Å²) in [4.78, 5) is 4.80. The Kier molecular flexibility index (Phi) is 4.13. The molecule has 3 aromatic rings. The van der Waals surface area contributed by atoms with E-state index in [9.17, 15) is 0 Å². The fourth-order valence-electron chi connectivity index (χ4n) is 3.83. The normalized spacial score (nSPS) is 15.9. The molecule has 2 heterocycles. The molecule has 0 saturated heterocycles. The molecule has 0 fully saturated rings. The summed E-state index contributed by atoms with van der Waals surface area (Å²) in [7, 11) is 0. The molecule has 0 spiro atoms. The smallest absolute Gasteiger partial charge is 0.129 e. The van der Waals surface area contributed by atoms with E-state index < -0.39 is 0 Å². The molecule has 0 atom stereocenters. The Morgan fingerprint density at radius 2 is 1.52 bits per heavy atom. The van der Waals surface area contributed by atoms with Crippen LogP contribution >= 0.6 is 15.9 Å². The molecule has 0 saturated carbocycles. The summed E-state index contributed by atoms with van der Waals surface area (Å²) in [5.41, 5.74) is 6.18. The number of rotatable bonds is 2. The Morgan fingerprint density at radius 1 is 0.778 bits per heavy atom. The third kappa shape index (κ3) is 3.00. The predicted molar refractivity (Wildman–Crippen MR) is 114 cm³/mol. The molecular weight excluding hydrogens is 400 g/mol. The van der Waals surface area contributed by atoms with E-state index in [2.05, 4.69) is 98.5 Å². The van der Waals surface area contributed by atoms with Gasteiger partial charge in [0.2, 0.25) is 0 Å². The van der Waals surface area contributed by atoms with Crippen LogP contribution in [-0.4, -0.2) is 19.8 Å². The second-order valence-corrected chi connectivity index (χ2v) is 7.73. The van der Waals surface area contributed by atoms with Crippen molar-refractivity contribution in [1.82, 2.24) is 0 Å². The van der Waals surface area contributed by atoms with Gasteiger partial charge in [-0.15, -0.1) is 0 Å². The third-order valence-electron chi connectivity index (χ3n) is 5.10. The lowest BCUT2D eigenvalue weighted by Gasteiger charge is -2.43. The summed E-state index contributed by atoms with van der Waals surface area (Å²) in [5, 5.41) is 0. The molecule has 0 N–H and O–H groups in total. The molecule has 134 valence electrons. The lowest BCUT2D eigenvalue weighted by Crippen LogP contribution is -2.45. The van der Waals surface area contributed by atoms with Gasteiger partial charge in [-0.25, -0.2) is 0 Å². The number of halogens is 1. The van der Waals surface area contributed by atoms with Gasteiger partial charge in [-0.2, -0.15) is 0 Å². The highest BCUT2D eigenvalue weighted by atomic mass is 79.9. The molecule has 27 heavy (non-hydrogen) atoms. The highest BCUT2D eigenvalue weighted by molar-refractivity contribution is 9.10. The van der Waals surface area contributed by atoms with Gasteiger partial charge in [-0.3, -0.25) is 0 Å². The molecule has 0 radical (unpaired) electrons. The molecule has 0 bridgehead atoms. The summed E-state index contributed by atoms with van der Waals surface area (Å²) in [6, 6.07) is 27.5. The summed E-state index contributed by atoms with van der Waals surface area (Å²) < 4.78 is 7.15. The number of ether oxygens (including phenoxy) is 1. The predicted octanol–water partition coefficient (Wildman–Crippen LogP) is 5.54. The van der Waals surface area contributed by atoms with Crippen LogP contribution in [0, 0.1) is 0 Å². The van der Waals surface area contributed by atoms with E-state index in [1.807, 2.05) is 6.07 Å². The monoisotopic (exact) mass is 418 g/mol. The van der Waals surface area contributed by atoms with Crippen molar-refractivity contribution in [2.24, 2.45) is 0 Å². The molecule has 5 rings (SSSR count). The average molecular weight is 419 g/mol. The van der Waals surface area contributed by atoms with Gasteiger partial charge in [0.25, 0.3) is 0 Å². The van der Waals surface area contributed by atoms with E-state index in [1.54, 1.807) is 0 Å². The maximum atomic E-state index is 6.06. The van der Waals surface area contributed by atoms with Gasteiger partial charge in [0.15, 0.2) is 0 Å². The number of anilines is 2. The van der Waals surface area contributed by atoms with Gasteiger partial charge in [0.1, 0.15) is 12.4 Å². The van der Waals surface area contributed by atoms with Crippen LogP contribution in [0.4, 0.5) is 11.4 Å². The SMILES string of the molecule is Brc1ccc(N2CN(c3ccccc3)CC3=C2c2ccccc2OC3)cc1. The van der Waals surface area contributed by atoms with Crippen molar-refractivity contribution in [3.8, 4) is 5.75 Å². The highest BCUT2D eigenvalue weighted by Crippen LogP contribution is 2.41. The topological polar surface area (TPSA) is 15.7 Å². The minimum absolute atomic E-state index is 0.628. The van der Waals surface area contributed by atoms with Crippen LogP contribution in [0.25, 0.3) is 5.70 Å². The van der Waals surface area contributed by atoms with E-state index >= 15 is 0 Å². The number of benzene rings is 3. The molecule has 3 aromatic carbocycles. The van der Waals surface area contributed by atoms with Gasteiger partial charge in [0.05, 0.1) is 12.4 Å². The van der Waals surface area contributed by atoms with Gasteiger partial charge in [0, 0.05) is 33.5 Å². The van der Waals surface area contributed by atoms with Gasteiger partial charge in [-0.05, 0) is 48.5 Å². The maximum absolute atomic E-state index is 6.06. The first-order chi connectivity index (χ1) is 13.3. The average Bonchev–Trinajstić information content (AvgIpc) is 2.74. The number of para-hydroxylation sites is 2. The fourth-order valence-corrected chi connectivity index (χ4v) is 4.10. The molecule has 2 aliphatic rings. The summed E-state index contributed by atoms with van der Waals surface area (Å²) >= 11 is 3.55. The first-order valence-electron chi connectivity index (χ1n) is 9.07. The molecule has 3 nitrogen and oxygen atoms in total. The van der Waals surface area contributed by atoms with Crippen LogP contribution in [0.1, 0.15) is 5.56 Å². The lowest BCUT2D eigenvalue weighted by molar-refractivity contribution is 0.340. The van der Waals surface area contributed by atoms with Crippen LogP contribution in [0.15, 0.2) is 88.9 Å². The molecule has 2 aliphatic heterocycles. The fraction of sp³-hybridized carbons (Fsp3) is 0.130. The van der Waals surface area contributed by atoms with Gasteiger partial charge >= 0.3 is 0 Å². The van der Waals surface area contributed by atoms with Crippen molar-refractivity contribution in [2.45, 2.75) is 0 Å². The Hall–Kier alpha value is -2.72. The Bertz CT molecular complexity index is 998. The van der Waals surface area contributed by atoms with Gasteiger partial charge < -0.3 is 14.5 Å². The number of hydrogen-bond donors (Lipinski definition) is 0. The van der Waals surface area contributed by atoms with Crippen molar-refractivity contribution in [1.29, 1.82) is 0 Å². The van der Waals surface area contributed by atoms with Crippen LogP contribution in [0.3, 0.4) is 0 Å². The van der Waals surface area contributed by atoms with Crippen LogP contribution < -0.4 is 14.5 Å². The van der Waals surface area contributed by atoms with E-state index in [-0.39, 0.29) is 0 Å². The van der Waals surface area contributed by atoms with E-state index in [0.717, 1.165) is 23.4 Å². The zero-order chi connectivity index (χ0) is 18.2. The molecule has 0 amide bonds. The Balaban J connectivity index is 1.64. The van der Waals surface area contributed by atoms with Crippen LogP contribution in [0.5, 0.6) is 5.75 Å². The number of fused-ring (bicyclic) bond motifs is 2. The van der Waals surface area contributed by atoms with E-state index in [1.165, 1.54) is 28.2 Å². The van der Waals surface area contributed by atoms with Crippen molar-refractivity contribution < 1.29 is 4.74 Å². The number of hydrogen-bond acceptors (Lipinski definition) is 3. The molecule has 0 unspecified atom stereocenters. The van der Waals surface area contributed by atoms with E-state index in [4.69, 9.17) is 4.74 Å². The van der Waals surface area contributed by atoms with Gasteiger partial charge in [-0.1, -0.05) is 46.3 Å². The first-order valence-corrected chi connectivity index (χ1v) is 9.86. The van der Waals surface area contributed by atoms with Crippen molar-refractivity contribution in [3.63, 3.8) is 0 Å². The zero-order valence-electron chi connectivity index (χ0n) is 14.8. The number of nitrogens with zero attached hydrogens (tertiary/aromatic N) is 2. The Morgan fingerprint density at radius 3 is 2.33 bits per heavy atom. The highest BCUT2D eigenvalue weighted by Gasteiger charge is 2.31. The van der Waals surface area contributed by atoms with Crippen LogP contribution in [-0.2, 0) is 0 Å². The molecular formula is C23H19BrN2O. The molecule has 4 heteroatoms. The van der Waals surface area contributed by atoms with Crippen molar-refractivity contribution in [3.05, 3.63) is 94.5 Å². The standard InChI is InChI=1S/C23H19BrN2O/c24-18-10-12-20(13-11-18)26-16-25(19-6-2-1-3-7-19)14-17-15-27-22-9-5-4-8-21(22)23(17)26/h1-13H,14-16H2. The largest absolute Gasteiger partial charge is 0.488 e. The van der Waals surface area contributed by atoms with Crippen molar-refractivity contribution >= 4 is 33.0 Å². The summed E-state index contributed by atoms with van der Waals surface area (Å²) in [6.45, 7) is 2.31. The maximum Gasteiger partial charge on any atom is 0.129 e. The third-order valence-corrected chi connectivity index (χ3v) is 5.63. The minimum Gasteiger partial charge on any atom is -0.488 e. The second kappa shape index (κ2) is 6.78. The minimum atomic E-state index is 0.628. The summed E-state index contributed by atoms with van der Waals surface area (Å²) in [6.07, 6.45) is 0. The zero-order valence-corrected chi connectivity index (χ0v) is 16.4. The van der Waals surface area contributed by atoms with E-state index in [0.29, 0.717) is 6.61 Å². The quantitative estimate of drug-likeness (QED) is 0.543.